The molecule has 0 spiro atoms. The van der Waals surface area contributed by atoms with E-state index in [1.54, 1.807) is 24.1 Å². The third-order valence-electron chi connectivity index (χ3n) is 4.80. The summed E-state index contributed by atoms with van der Waals surface area (Å²) < 4.78 is 21.0. The lowest BCUT2D eigenvalue weighted by atomic mass is 10.1. The van der Waals surface area contributed by atoms with Crippen molar-refractivity contribution >= 4 is 17.0 Å². The maximum absolute atomic E-state index is 13.7. The largest absolute Gasteiger partial charge is 0.445 e. The number of likely N-dealkylation sites (N-methyl/N-ethyl adjacent to an activating group) is 1. The summed E-state index contributed by atoms with van der Waals surface area (Å²) in [4.78, 5) is 13.7. The van der Waals surface area contributed by atoms with Gasteiger partial charge in [0.1, 0.15) is 12.4 Å². The van der Waals surface area contributed by atoms with E-state index in [-0.39, 0.29) is 18.5 Å². The van der Waals surface area contributed by atoms with Crippen LogP contribution in [0.5, 0.6) is 0 Å². The quantitative estimate of drug-likeness (QED) is 0.679. The number of benzene rings is 2. The second-order valence-electron chi connectivity index (χ2n) is 6.50. The Bertz CT molecular complexity index is 919. The van der Waals surface area contributed by atoms with Crippen molar-refractivity contribution in [3.63, 3.8) is 0 Å². The lowest BCUT2D eigenvalue weighted by Crippen LogP contribution is -2.29. The summed E-state index contributed by atoms with van der Waals surface area (Å²) in [5.41, 5.74) is 4.09. The average Bonchev–Trinajstić information content (AvgIpc) is 2.88. The van der Waals surface area contributed by atoms with Crippen molar-refractivity contribution in [3.8, 4) is 0 Å². The number of amides is 1. The molecule has 26 heavy (non-hydrogen) atoms. The first-order valence-electron chi connectivity index (χ1n) is 8.62. The highest BCUT2D eigenvalue weighted by molar-refractivity contribution is 5.85. The number of hydrogen-bond donors (Lipinski definition) is 0. The van der Waals surface area contributed by atoms with Gasteiger partial charge in [0.05, 0.1) is 0 Å². The molecule has 0 radical (unpaired) electrons. The molecular weight excluding hydrogens is 331 g/mol. The van der Waals surface area contributed by atoms with Crippen LogP contribution in [0.15, 0.2) is 48.5 Å². The molecule has 0 aliphatic rings. The molecule has 0 saturated carbocycles. The molecule has 1 amide bonds. The summed E-state index contributed by atoms with van der Waals surface area (Å²) in [7, 11) is 3.69. The van der Waals surface area contributed by atoms with Crippen LogP contribution in [0.2, 0.25) is 0 Å². The zero-order chi connectivity index (χ0) is 18.7. The minimum Gasteiger partial charge on any atom is -0.445 e. The summed E-state index contributed by atoms with van der Waals surface area (Å²) in [5, 5.41) is 0.899. The Morgan fingerprint density at radius 1 is 1.19 bits per heavy atom. The number of rotatable bonds is 5. The molecule has 0 N–H and O–H groups in total. The molecule has 1 aromatic heterocycles. The number of hydrogen-bond acceptors (Lipinski definition) is 2. The van der Waals surface area contributed by atoms with Crippen LogP contribution in [0.25, 0.3) is 10.9 Å². The molecule has 0 saturated heterocycles. The standard InChI is InChI=1S/C21H23FN2O2/c1-15-18(19-13-17(22)9-10-20(19)24(15)3)11-12-23(2)21(25)26-14-16-7-5-4-6-8-16/h4-10,13H,11-12,14H2,1-3H3. The number of aromatic nitrogens is 1. The molecule has 5 heteroatoms. The van der Waals surface area contributed by atoms with Gasteiger partial charge < -0.3 is 14.2 Å². The highest BCUT2D eigenvalue weighted by Gasteiger charge is 2.15. The van der Waals surface area contributed by atoms with Crippen LogP contribution in [0.4, 0.5) is 9.18 Å². The number of nitrogens with zero attached hydrogens (tertiary/aromatic N) is 2. The summed E-state index contributed by atoms with van der Waals surface area (Å²) in [6.07, 6.45) is 0.279. The van der Waals surface area contributed by atoms with Crippen molar-refractivity contribution < 1.29 is 13.9 Å². The minimum absolute atomic E-state index is 0.250. The van der Waals surface area contributed by atoms with E-state index in [1.807, 2.05) is 44.3 Å². The van der Waals surface area contributed by atoms with Gasteiger partial charge in [-0.2, -0.15) is 0 Å². The molecule has 0 bridgehead atoms. The molecule has 0 unspecified atom stereocenters. The van der Waals surface area contributed by atoms with Crippen molar-refractivity contribution in [2.24, 2.45) is 7.05 Å². The topological polar surface area (TPSA) is 34.5 Å². The predicted molar refractivity (Wildman–Crippen MR) is 101 cm³/mol. The fraction of sp³-hybridized carbons (Fsp3) is 0.286. The van der Waals surface area contributed by atoms with Crippen molar-refractivity contribution in [1.29, 1.82) is 0 Å². The second-order valence-corrected chi connectivity index (χ2v) is 6.50. The molecule has 0 fully saturated rings. The molecule has 0 atom stereocenters. The fourth-order valence-corrected chi connectivity index (χ4v) is 3.14. The van der Waals surface area contributed by atoms with Crippen LogP contribution in [-0.2, 0) is 24.8 Å². The maximum atomic E-state index is 13.7. The lowest BCUT2D eigenvalue weighted by molar-refractivity contribution is 0.105. The Morgan fingerprint density at radius 3 is 2.65 bits per heavy atom. The molecular formula is C21H23FN2O2. The van der Waals surface area contributed by atoms with Gasteiger partial charge in [-0.1, -0.05) is 30.3 Å². The van der Waals surface area contributed by atoms with Gasteiger partial charge in [-0.05, 0) is 42.7 Å². The van der Waals surface area contributed by atoms with Crippen LogP contribution < -0.4 is 0 Å². The number of halogens is 1. The predicted octanol–water partition coefficient (Wildman–Crippen LogP) is 4.44. The van der Waals surface area contributed by atoms with Crippen LogP contribution >= 0.6 is 0 Å². The minimum atomic E-state index is -0.363. The molecule has 136 valence electrons. The van der Waals surface area contributed by atoms with Gasteiger partial charge in [-0.3, -0.25) is 0 Å². The monoisotopic (exact) mass is 354 g/mol. The Labute approximate surface area is 152 Å². The Balaban J connectivity index is 1.65. The van der Waals surface area contributed by atoms with Crippen molar-refractivity contribution in [2.75, 3.05) is 13.6 Å². The van der Waals surface area contributed by atoms with Gasteiger partial charge in [0.25, 0.3) is 0 Å². The summed E-state index contributed by atoms with van der Waals surface area (Å²) in [6.45, 7) is 2.77. The van der Waals surface area contributed by atoms with E-state index < -0.39 is 0 Å². The van der Waals surface area contributed by atoms with E-state index in [0.717, 1.165) is 27.7 Å². The number of carbonyl (C=O) groups is 1. The van der Waals surface area contributed by atoms with E-state index in [2.05, 4.69) is 4.57 Å². The van der Waals surface area contributed by atoms with Crippen LogP contribution in [-0.4, -0.2) is 29.2 Å². The van der Waals surface area contributed by atoms with Crippen molar-refractivity contribution in [1.82, 2.24) is 9.47 Å². The second kappa shape index (κ2) is 7.60. The molecule has 3 rings (SSSR count). The number of ether oxygens (including phenoxy) is 1. The zero-order valence-electron chi connectivity index (χ0n) is 15.3. The van der Waals surface area contributed by atoms with E-state index in [4.69, 9.17) is 4.74 Å². The van der Waals surface area contributed by atoms with E-state index in [0.29, 0.717) is 13.0 Å². The summed E-state index contributed by atoms with van der Waals surface area (Å²) in [6, 6.07) is 14.4. The SMILES string of the molecule is Cc1c(CCN(C)C(=O)OCc2ccccc2)c2cc(F)ccc2n1C. The molecule has 1 heterocycles. The zero-order valence-corrected chi connectivity index (χ0v) is 15.3. The Hall–Kier alpha value is -2.82. The molecule has 0 aliphatic heterocycles. The average molecular weight is 354 g/mol. The summed E-state index contributed by atoms with van der Waals surface area (Å²) >= 11 is 0. The normalized spacial score (nSPS) is 10.9. The first-order valence-corrected chi connectivity index (χ1v) is 8.62. The molecule has 2 aromatic carbocycles. The summed E-state index contributed by atoms with van der Waals surface area (Å²) in [5.74, 6) is -0.250. The Kier molecular flexibility index (Phi) is 5.26. The highest BCUT2D eigenvalue weighted by Crippen LogP contribution is 2.26. The first kappa shape index (κ1) is 18.0. The van der Waals surface area contributed by atoms with Crippen LogP contribution in [0.1, 0.15) is 16.8 Å². The Morgan fingerprint density at radius 2 is 1.92 bits per heavy atom. The van der Waals surface area contributed by atoms with Gasteiger partial charge in [-0.15, -0.1) is 0 Å². The van der Waals surface area contributed by atoms with Crippen molar-refractivity contribution in [2.45, 2.75) is 20.0 Å². The lowest BCUT2D eigenvalue weighted by Gasteiger charge is -2.17. The van der Waals surface area contributed by atoms with Crippen LogP contribution in [0, 0.1) is 12.7 Å². The number of carbonyl (C=O) groups excluding carboxylic acids is 1. The first-order chi connectivity index (χ1) is 12.5. The number of fused-ring (bicyclic) bond motifs is 1. The van der Waals surface area contributed by atoms with Crippen molar-refractivity contribution in [3.05, 3.63) is 71.2 Å². The van der Waals surface area contributed by atoms with Gasteiger partial charge in [0.2, 0.25) is 0 Å². The third kappa shape index (κ3) is 3.72. The van der Waals surface area contributed by atoms with Gasteiger partial charge in [0, 0.05) is 37.2 Å². The van der Waals surface area contributed by atoms with E-state index in [9.17, 15) is 9.18 Å². The smallest absolute Gasteiger partial charge is 0.409 e. The molecule has 4 nitrogen and oxygen atoms in total. The van der Waals surface area contributed by atoms with E-state index in [1.165, 1.54) is 6.07 Å². The fourth-order valence-electron chi connectivity index (χ4n) is 3.14. The highest BCUT2D eigenvalue weighted by atomic mass is 19.1. The van der Waals surface area contributed by atoms with Gasteiger partial charge in [0.15, 0.2) is 0 Å². The third-order valence-corrected chi connectivity index (χ3v) is 4.80. The van der Waals surface area contributed by atoms with Gasteiger partial charge in [-0.25, -0.2) is 9.18 Å². The number of aryl methyl sites for hydroxylation is 1. The van der Waals surface area contributed by atoms with E-state index >= 15 is 0 Å². The maximum Gasteiger partial charge on any atom is 0.409 e. The van der Waals surface area contributed by atoms with Crippen LogP contribution in [0.3, 0.4) is 0 Å². The molecule has 0 aliphatic carbocycles. The molecule has 3 aromatic rings. The van der Waals surface area contributed by atoms with Gasteiger partial charge >= 0.3 is 6.09 Å².